The summed E-state index contributed by atoms with van der Waals surface area (Å²) >= 11 is 0. The Morgan fingerprint density at radius 3 is 2.65 bits per heavy atom. The number of rotatable bonds is 2. The lowest BCUT2D eigenvalue weighted by Gasteiger charge is -2.31. The van der Waals surface area contributed by atoms with Gasteiger partial charge in [0.1, 0.15) is 0 Å². The van der Waals surface area contributed by atoms with Crippen LogP contribution in [0.5, 0.6) is 0 Å². The molecule has 1 aromatic rings. The molecular weight excluding hydrogens is 290 g/mol. The quantitative estimate of drug-likeness (QED) is 0.912. The van der Waals surface area contributed by atoms with Gasteiger partial charge in [0.05, 0.1) is 6.04 Å². The van der Waals surface area contributed by atoms with Gasteiger partial charge in [-0.2, -0.15) is 0 Å². The zero-order valence-corrected chi connectivity index (χ0v) is 13.9. The zero-order chi connectivity index (χ0) is 16.4. The second-order valence-corrected chi connectivity index (χ2v) is 6.88. The number of carbonyl (C=O) groups excluding carboxylic acids is 2. The number of likely N-dealkylation sites (tertiary alicyclic amines) is 1. The van der Waals surface area contributed by atoms with Gasteiger partial charge in [-0.15, -0.1) is 0 Å². The highest BCUT2D eigenvalue weighted by Gasteiger charge is 2.33. The summed E-state index contributed by atoms with van der Waals surface area (Å²) in [6.07, 6.45) is 2.63. The fourth-order valence-electron chi connectivity index (χ4n) is 3.42. The Hall–Kier alpha value is -2.04. The number of urea groups is 1. The molecule has 2 aliphatic heterocycles. The molecule has 0 saturated carbocycles. The molecule has 2 heterocycles. The third-order valence-corrected chi connectivity index (χ3v) is 4.74. The van der Waals surface area contributed by atoms with Crippen LogP contribution in [0, 0.1) is 12.8 Å². The molecule has 0 bridgehead atoms. The number of carbonyl (C=O) groups is 2. The smallest absolute Gasteiger partial charge is 0.317 e. The van der Waals surface area contributed by atoms with E-state index >= 15 is 0 Å². The predicted molar refractivity (Wildman–Crippen MR) is 90.4 cm³/mol. The van der Waals surface area contributed by atoms with Crippen molar-refractivity contribution in [1.29, 1.82) is 0 Å². The molecule has 0 radical (unpaired) electrons. The van der Waals surface area contributed by atoms with E-state index in [1.54, 1.807) is 4.90 Å². The van der Waals surface area contributed by atoms with Crippen molar-refractivity contribution in [3.63, 3.8) is 0 Å². The average molecular weight is 315 g/mol. The van der Waals surface area contributed by atoms with E-state index in [0.717, 1.165) is 25.2 Å². The van der Waals surface area contributed by atoms with E-state index < -0.39 is 0 Å². The molecular formula is C18H25N3O2. The summed E-state index contributed by atoms with van der Waals surface area (Å²) in [4.78, 5) is 28.3. The fraction of sp³-hybridized carbons (Fsp3) is 0.556. The van der Waals surface area contributed by atoms with Crippen molar-refractivity contribution >= 4 is 17.6 Å². The van der Waals surface area contributed by atoms with Gasteiger partial charge in [0.25, 0.3) is 0 Å². The third kappa shape index (κ3) is 3.66. The van der Waals surface area contributed by atoms with Crippen LogP contribution in [0.15, 0.2) is 24.3 Å². The van der Waals surface area contributed by atoms with Crippen molar-refractivity contribution in [3.05, 3.63) is 29.8 Å². The third-order valence-electron chi connectivity index (χ3n) is 4.74. The summed E-state index contributed by atoms with van der Waals surface area (Å²) in [6.45, 7) is 6.39. The van der Waals surface area contributed by atoms with Gasteiger partial charge in [0, 0.05) is 31.7 Å². The highest BCUT2D eigenvalue weighted by Crippen LogP contribution is 2.22. The average Bonchev–Trinajstić information content (AvgIpc) is 2.88. The summed E-state index contributed by atoms with van der Waals surface area (Å²) in [6, 6.07) is 7.80. The van der Waals surface area contributed by atoms with Gasteiger partial charge in [0.15, 0.2) is 0 Å². The number of anilines is 1. The Morgan fingerprint density at radius 1 is 1.22 bits per heavy atom. The molecule has 1 N–H and O–H groups in total. The highest BCUT2D eigenvalue weighted by atomic mass is 16.2. The molecule has 3 amide bonds. The number of piperidine rings is 1. The summed E-state index contributed by atoms with van der Waals surface area (Å²) in [7, 11) is 0. The maximum atomic E-state index is 12.4. The number of benzene rings is 1. The summed E-state index contributed by atoms with van der Waals surface area (Å²) in [5.74, 6) is 0.634. The minimum Gasteiger partial charge on any atom is -0.333 e. The van der Waals surface area contributed by atoms with Gasteiger partial charge in [-0.05, 0) is 37.8 Å². The van der Waals surface area contributed by atoms with E-state index in [0.29, 0.717) is 18.9 Å². The standard InChI is InChI=1S/C18H25N3O2/c1-13-5-7-16(8-6-13)21-12-15(10-17(21)22)19-18(23)20-9-3-4-14(2)11-20/h5-8,14-15H,3-4,9-12H2,1-2H3,(H,19,23)/t14-,15+/m1/s1. The SMILES string of the molecule is Cc1ccc(N2C[C@@H](NC(=O)N3CCC[C@@H](C)C3)CC2=O)cc1. The molecule has 0 aromatic heterocycles. The van der Waals surface area contributed by atoms with Gasteiger partial charge in [-0.25, -0.2) is 4.79 Å². The molecule has 2 fully saturated rings. The molecule has 3 rings (SSSR count). The molecule has 2 atom stereocenters. The lowest BCUT2D eigenvalue weighted by Crippen LogP contribution is -2.49. The lowest BCUT2D eigenvalue weighted by molar-refractivity contribution is -0.117. The molecule has 5 nitrogen and oxygen atoms in total. The first-order chi connectivity index (χ1) is 11.0. The Labute approximate surface area is 137 Å². The van der Waals surface area contributed by atoms with Crippen LogP contribution in [0.3, 0.4) is 0 Å². The van der Waals surface area contributed by atoms with Gasteiger partial charge in [-0.3, -0.25) is 4.79 Å². The van der Waals surface area contributed by atoms with E-state index in [1.807, 2.05) is 36.1 Å². The number of aryl methyl sites for hydroxylation is 1. The molecule has 124 valence electrons. The molecule has 5 heteroatoms. The van der Waals surface area contributed by atoms with Gasteiger partial charge in [-0.1, -0.05) is 24.6 Å². The molecule has 0 aliphatic carbocycles. The molecule has 2 aliphatic rings. The second-order valence-electron chi connectivity index (χ2n) is 6.88. The van der Waals surface area contributed by atoms with E-state index in [1.165, 1.54) is 12.0 Å². The van der Waals surface area contributed by atoms with Crippen LogP contribution in [0.4, 0.5) is 10.5 Å². The van der Waals surface area contributed by atoms with E-state index in [2.05, 4.69) is 12.2 Å². The predicted octanol–water partition coefficient (Wildman–Crippen LogP) is 2.54. The van der Waals surface area contributed by atoms with Crippen molar-refractivity contribution in [3.8, 4) is 0 Å². The van der Waals surface area contributed by atoms with Crippen molar-refractivity contribution < 1.29 is 9.59 Å². The van der Waals surface area contributed by atoms with Crippen LogP contribution in [-0.2, 0) is 4.79 Å². The van der Waals surface area contributed by atoms with E-state index in [-0.39, 0.29) is 18.0 Å². The van der Waals surface area contributed by atoms with Crippen molar-refractivity contribution in [1.82, 2.24) is 10.2 Å². The molecule has 23 heavy (non-hydrogen) atoms. The summed E-state index contributed by atoms with van der Waals surface area (Å²) in [5, 5.41) is 3.04. The number of nitrogens with zero attached hydrogens (tertiary/aromatic N) is 2. The second kappa shape index (κ2) is 6.60. The molecule has 1 aromatic carbocycles. The first-order valence-corrected chi connectivity index (χ1v) is 8.45. The van der Waals surface area contributed by atoms with Crippen LogP contribution in [0.2, 0.25) is 0 Å². The van der Waals surface area contributed by atoms with Crippen LogP contribution in [0.25, 0.3) is 0 Å². The Balaban J connectivity index is 1.59. The normalized spacial score (nSPS) is 24.9. The Kier molecular flexibility index (Phi) is 4.55. The maximum absolute atomic E-state index is 12.4. The largest absolute Gasteiger partial charge is 0.333 e. The fourth-order valence-corrected chi connectivity index (χ4v) is 3.42. The minimum absolute atomic E-state index is 0.0277. The Morgan fingerprint density at radius 2 is 1.96 bits per heavy atom. The van der Waals surface area contributed by atoms with Gasteiger partial charge in [0.2, 0.25) is 5.91 Å². The van der Waals surface area contributed by atoms with Crippen LogP contribution < -0.4 is 10.2 Å². The number of amides is 3. The van der Waals surface area contributed by atoms with Gasteiger partial charge < -0.3 is 15.1 Å². The summed E-state index contributed by atoms with van der Waals surface area (Å²) < 4.78 is 0. The number of nitrogens with one attached hydrogen (secondary N) is 1. The number of hydrogen-bond donors (Lipinski definition) is 1. The van der Waals surface area contributed by atoms with Crippen LogP contribution in [0.1, 0.15) is 31.7 Å². The van der Waals surface area contributed by atoms with Crippen LogP contribution >= 0.6 is 0 Å². The summed E-state index contributed by atoms with van der Waals surface area (Å²) in [5.41, 5.74) is 2.08. The molecule has 0 spiro atoms. The lowest BCUT2D eigenvalue weighted by atomic mass is 10.0. The highest BCUT2D eigenvalue weighted by molar-refractivity contribution is 5.96. The Bertz CT molecular complexity index is 584. The first-order valence-electron chi connectivity index (χ1n) is 8.45. The zero-order valence-electron chi connectivity index (χ0n) is 13.9. The number of hydrogen-bond acceptors (Lipinski definition) is 2. The maximum Gasteiger partial charge on any atom is 0.317 e. The van der Waals surface area contributed by atoms with Crippen LogP contribution in [-0.4, -0.2) is 42.5 Å². The van der Waals surface area contributed by atoms with Crippen molar-refractivity contribution in [2.45, 2.75) is 39.2 Å². The minimum atomic E-state index is -0.103. The first kappa shape index (κ1) is 15.8. The monoisotopic (exact) mass is 315 g/mol. The van der Waals surface area contributed by atoms with E-state index in [4.69, 9.17) is 0 Å². The molecule has 2 saturated heterocycles. The molecule has 0 unspecified atom stereocenters. The topological polar surface area (TPSA) is 52.7 Å². The van der Waals surface area contributed by atoms with Gasteiger partial charge >= 0.3 is 6.03 Å². The van der Waals surface area contributed by atoms with Crippen molar-refractivity contribution in [2.75, 3.05) is 24.5 Å². The van der Waals surface area contributed by atoms with E-state index in [9.17, 15) is 9.59 Å². The van der Waals surface area contributed by atoms with Crippen molar-refractivity contribution in [2.24, 2.45) is 5.92 Å².